The molecule has 0 radical (unpaired) electrons. The summed E-state index contributed by atoms with van der Waals surface area (Å²) in [6.45, 7) is 1.75. The van der Waals surface area contributed by atoms with Crippen LogP contribution in [0.25, 0.3) is 0 Å². The lowest BCUT2D eigenvalue weighted by atomic mass is 10.2. The molecule has 0 aromatic heterocycles. The molecule has 1 rings (SSSR count). The molecule has 1 N–H and O–H groups in total. The maximum absolute atomic E-state index is 12.7. The smallest absolute Gasteiger partial charge is 0.393 e. The highest BCUT2D eigenvalue weighted by molar-refractivity contribution is 8.01. The fourth-order valence-electron chi connectivity index (χ4n) is 0.871. The van der Waals surface area contributed by atoms with E-state index in [0.717, 1.165) is 5.56 Å². The number of hydrogen-bond donors (Lipinski definition) is 1. The van der Waals surface area contributed by atoms with Crippen molar-refractivity contribution in [1.29, 1.82) is 0 Å². The van der Waals surface area contributed by atoms with Crippen molar-refractivity contribution in [3.8, 4) is 0 Å². The minimum Gasteiger partial charge on any atom is -0.476 e. The number of alkyl halides is 2. The maximum atomic E-state index is 12.7. The summed E-state index contributed by atoms with van der Waals surface area (Å²) in [5.41, 5.74) is 0.816. The van der Waals surface area contributed by atoms with E-state index in [4.69, 9.17) is 5.11 Å². The molecule has 0 aliphatic carbocycles. The molecule has 76 valence electrons. The quantitative estimate of drug-likeness (QED) is 0.792. The summed E-state index contributed by atoms with van der Waals surface area (Å²) in [6, 6.07) is 6.33. The Morgan fingerprint density at radius 3 is 2.64 bits per heavy atom. The fourth-order valence-corrected chi connectivity index (χ4v) is 1.65. The Bertz CT molecular complexity index is 352. The van der Waals surface area contributed by atoms with Gasteiger partial charge in [0.15, 0.2) is 0 Å². The van der Waals surface area contributed by atoms with Crippen molar-refractivity contribution in [2.45, 2.75) is 17.1 Å². The summed E-state index contributed by atoms with van der Waals surface area (Å²) in [7, 11) is 0. The summed E-state index contributed by atoms with van der Waals surface area (Å²) in [6.07, 6.45) is 0. The first-order chi connectivity index (χ1) is 6.42. The molecule has 0 atom stereocenters. The Morgan fingerprint density at radius 2 is 2.14 bits per heavy atom. The van der Waals surface area contributed by atoms with Gasteiger partial charge in [-0.3, -0.25) is 0 Å². The predicted molar refractivity (Wildman–Crippen MR) is 49.6 cm³/mol. The lowest BCUT2D eigenvalue weighted by molar-refractivity contribution is -0.152. The van der Waals surface area contributed by atoms with Crippen LogP contribution in [0.2, 0.25) is 0 Å². The number of halogens is 2. The zero-order valence-corrected chi connectivity index (χ0v) is 8.15. The van der Waals surface area contributed by atoms with Crippen molar-refractivity contribution in [2.24, 2.45) is 0 Å². The molecule has 5 heteroatoms. The second kappa shape index (κ2) is 3.96. The van der Waals surface area contributed by atoms with Crippen LogP contribution in [0.5, 0.6) is 0 Å². The van der Waals surface area contributed by atoms with Crippen LogP contribution in [0.4, 0.5) is 8.78 Å². The van der Waals surface area contributed by atoms with Crippen LogP contribution >= 0.6 is 11.8 Å². The zero-order valence-electron chi connectivity index (χ0n) is 7.33. The molecular weight excluding hydrogens is 210 g/mol. The summed E-state index contributed by atoms with van der Waals surface area (Å²) in [5.74, 6) is -2.12. The summed E-state index contributed by atoms with van der Waals surface area (Å²) in [5, 5.41) is 4.43. The molecular formula is C9H8F2O2S. The minimum absolute atomic E-state index is 0.0353. The number of hydrogen-bond acceptors (Lipinski definition) is 2. The Balaban J connectivity index is 2.83. The highest BCUT2D eigenvalue weighted by Gasteiger charge is 2.40. The number of aliphatic carboxylic acids is 1. The van der Waals surface area contributed by atoms with E-state index < -0.39 is 11.2 Å². The van der Waals surface area contributed by atoms with Gasteiger partial charge in [0.1, 0.15) is 0 Å². The van der Waals surface area contributed by atoms with Crippen molar-refractivity contribution in [2.75, 3.05) is 0 Å². The summed E-state index contributed by atoms with van der Waals surface area (Å²) < 4.78 is 25.5. The van der Waals surface area contributed by atoms with Crippen molar-refractivity contribution in [3.63, 3.8) is 0 Å². The van der Waals surface area contributed by atoms with Crippen LogP contribution in [0.1, 0.15) is 5.56 Å². The first-order valence-corrected chi connectivity index (χ1v) is 4.60. The van der Waals surface area contributed by atoms with Gasteiger partial charge in [-0.25, -0.2) is 4.79 Å². The Hall–Kier alpha value is -1.10. The SMILES string of the molecule is Cc1cccc(SC(F)(F)C(=O)O)c1. The van der Waals surface area contributed by atoms with Crippen LogP contribution in [-0.4, -0.2) is 16.3 Å². The van der Waals surface area contributed by atoms with Crippen molar-refractivity contribution >= 4 is 17.7 Å². The van der Waals surface area contributed by atoms with Crippen LogP contribution in [0.3, 0.4) is 0 Å². The molecule has 0 heterocycles. The highest BCUT2D eigenvalue weighted by atomic mass is 32.2. The molecule has 0 spiro atoms. The number of aryl methyl sites for hydroxylation is 1. The van der Waals surface area contributed by atoms with Gasteiger partial charge in [-0.05, 0) is 30.8 Å². The van der Waals surface area contributed by atoms with Gasteiger partial charge < -0.3 is 5.11 Å². The molecule has 0 fully saturated rings. The van der Waals surface area contributed by atoms with E-state index in [9.17, 15) is 13.6 Å². The molecule has 0 unspecified atom stereocenters. The van der Waals surface area contributed by atoms with Gasteiger partial charge in [-0.2, -0.15) is 8.78 Å². The highest BCUT2D eigenvalue weighted by Crippen LogP contribution is 2.36. The first kappa shape index (κ1) is 11.0. The van der Waals surface area contributed by atoms with Crippen molar-refractivity contribution in [1.82, 2.24) is 0 Å². The largest absolute Gasteiger partial charge is 0.476 e. The van der Waals surface area contributed by atoms with E-state index in [1.807, 2.05) is 0 Å². The second-order valence-corrected chi connectivity index (χ2v) is 3.93. The second-order valence-electron chi connectivity index (χ2n) is 2.74. The third-order valence-electron chi connectivity index (χ3n) is 1.48. The average Bonchev–Trinajstić information content (AvgIpc) is 2.02. The third kappa shape index (κ3) is 2.70. The number of carboxylic acid groups (broad SMARTS) is 1. The molecule has 14 heavy (non-hydrogen) atoms. The molecule has 0 bridgehead atoms. The van der Waals surface area contributed by atoms with E-state index in [1.54, 1.807) is 19.1 Å². The summed E-state index contributed by atoms with van der Waals surface area (Å²) >= 11 is 0.0353. The van der Waals surface area contributed by atoms with Crippen molar-refractivity contribution < 1.29 is 18.7 Å². The van der Waals surface area contributed by atoms with E-state index in [2.05, 4.69) is 0 Å². The van der Waals surface area contributed by atoms with Gasteiger partial charge in [0.2, 0.25) is 0 Å². The van der Waals surface area contributed by atoms with Crippen molar-refractivity contribution in [3.05, 3.63) is 29.8 Å². The minimum atomic E-state index is -3.77. The zero-order chi connectivity index (χ0) is 10.8. The Labute approximate surface area is 83.9 Å². The number of carboxylic acids is 1. The van der Waals surface area contributed by atoms with Crippen LogP contribution < -0.4 is 0 Å². The fraction of sp³-hybridized carbons (Fsp3) is 0.222. The average molecular weight is 218 g/mol. The third-order valence-corrected chi connectivity index (χ3v) is 2.41. The van der Waals surface area contributed by atoms with Crippen LogP contribution in [-0.2, 0) is 4.79 Å². The van der Waals surface area contributed by atoms with Gasteiger partial charge >= 0.3 is 11.2 Å². The first-order valence-electron chi connectivity index (χ1n) is 3.79. The topological polar surface area (TPSA) is 37.3 Å². The van der Waals surface area contributed by atoms with E-state index in [0.29, 0.717) is 0 Å². The lowest BCUT2D eigenvalue weighted by Crippen LogP contribution is -2.23. The monoisotopic (exact) mass is 218 g/mol. The van der Waals surface area contributed by atoms with E-state index >= 15 is 0 Å². The lowest BCUT2D eigenvalue weighted by Gasteiger charge is -2.10. The van der Waals surface area contributed by atoms with Crippen LogP contribution in [0.15, 0.2) is 29.2 Å². The van der Waals surface area contributed by atoms with E-state index in [-0.39, 0.29) is 16.7 Å². The van der Waals surface area contributed by atoms with Gasteiger partial charge in [0.25, 0.3) is 0 Å². The standard InChI is InChI=1S/C9H8F2O2S/c1-6-3-2-4-7(5-6)14-9(10,11)8(12)13/h2-5H,1H3,(H,12,13). The molecule has 0 aliphatic rings. The van der Waals surface area contributed by atoms with Gasteiger partial charge in [-0.15, -0.1) is 0 Å². The van der Waals surface area contributed by atoms with Crippen LogP contribution in [0, 0.1) is 6.92 Å². The predicted octanol–water partition coefficient (Wildman–Crippen LogP) is 2.76. The molecule has 0 amide bonds. The van der Waals surface area contributed by atoms with Gasteiger partial charge in [0, 0.05) is 4.90 Å². The van der Waals surface area contributed by atoms with E-state index in [1.165, 1.54) is 12.1 Å². The molecule has 0 aliphatic heterocycles. The molecule has 0 saturated heterocycles. The Morgan fingerprint density at radius 1 is 1.50 bits per heavy atom. The molecule has 0 saturated carbocycles. The molecule has 1 aromatic rings. The number of benzene rings is 1. The normalized spacial score (nSPS) is 11.4. The Kier molecular flexibility index (Phi) is 3.10. The summed E-state index contributed by atoms with van der Waals surface area (Å²) in [4.78, 5) is 10.4. The molecule has 2 nitrogen and oxygen atoms in total. The maximum Gasteiger partial charge on any atom is 0.393 e. The van der Waals surface area contributed by atoms with Gasteiger partial charge in [-0.1, -0.05) is 17.7 Å². The molecule has 1 aromatic carbocycles. The van der Waals surface area contributed by atoms with Gasteiger partial charge in [0.05, 0.1) is 0 Å². The number of thioether (sulfide) groups is 1. The number of rotatable bonds is 3. The number of carbonyl (C=O) groups is 1.